The van der Waals surface area contributed by atoms with Crippen molar-refractivity contribution in [2.45, 2.75) is 13.8 Å². The van der Waals surface area contributed by atoms with Crippen molar-refractivity contribution in [3.8, 4) is 11.3 Å². The Morgan fingerprint density at radius 1 is 1.16 bits per heavy atom. The molecule has 0 spiro atoms. The number of benzene rings is 2. The molecule has 3 aromatic rings. The van der Waals surface area contributed by atoms with Gasteiger partial charge in [-0.3, -0.25) is 4.79 Å². The SMILES string of the molecule is Cc1cc(C)c(NC(=O)c2ccc(-c3ccc(F)c(Cl)c3)o2)c(N)c1. The van der Waals surface area contributed by atoms with E-state index in [-0.39, 0.29) is 10.8 Å². The lowest BCUT2D eigenvalue weighted by molar-refractivity contribution is 0.0997. The Bertz CT molecular complexity index is 943. The molecule has 4 nitrogen and oxygen atoms in total. The molecule has 0 aliphatic carbocycles. The third-order valence-electron chi connectivity index (χ3n) is 3.78. The second-order valence-corrected chi connectivity index (χ2v) is 6.20. The second kappa shape index (κ2) is 6.61. The van der Waals surface area contributed by atoms with Gasteiger partial charge in [0.1, 0.15) is 11.6 Å². The van der Waals surface area contributed by atoms with Gasteiger partial charge in [-0.05, 0) is 61.4 Å². The second-order valence-electron chi connectivity index (χ2n) is 5.79. The van der Waals surface area contributed by atoms with Gasteiger partial charge in [0, 0.05) is 5.56 Å². The van der Waals surface area contributed by atoms with Gasteiger partial charge in [-0.15, -0.1) is 0 Å². The lowest BCUT2D eigenvalue weighted by atomic mass is 10.1. The van der Waals surface area contributed by atoms with Crippen molar-refractivity contribution in [1.82, 2.24) is 0 Å². The van der Waals surface area contributed by atoms with Crippen LogP contribution in [0.3, 0.4) is 0 Å². The maximum Gasteiger partial charge on any atom is 0.291 e. The molecule has 3 rings (SSSR count). The molecular formula is C19H16ClFN2O2. The zero-order valence-electron chi connectivity index (χ0n) is 13.7. The topological polar surface area (TPSA) is 68.3 Å². The molecule has 25 heavy (non-hydrogen) atoms. The number of anilines is 2. The van der Waals surface area contributed by atoms with Gasteiger partial charge in [0.05, 0.1) is 16.4 Å². The van der Waals surface area contributed by atoms with Crippen LogP contribution in [0.15, 0.2) is 46.9 Å². The van der Waals surface area contributed by atoms with Crippen molar-refractivity contribution < 1.29 is 13.6 Å². The summed E-state index contributed by atoms with van der Waals surface area (Å²) in [4.78, 5) is 12.4. The number of amides is 1. The summed E-state index contributed by atoms with van der Waals surface area (Å²) >= 11 is 5.78. The van der Waals surface area contributed by atoms with Gasteiger partial charge in [-0.25, -0.2) is 4.39 Å². The highest BCUT2D eigenvalue weighted by Crippen LogP contribution is 2.28. The van der Waals surface area contributed by atoms with E-state index in [0.717, 1.165) is 11.1 Å². The van der Waals surface area contributed by atoms with Crippen LogP contribution in [0.5, 0.6) is 0 Å². The number of carbonyl (C=O) groups excluding carboxylic acids is 1. The number of furan rings is 1. The summed E-state index contributed by atoms with van der Waals surface area (Å²) in [5.74, 6) is -0.395. The van der Waals surface area contributed by atoms with Crippen molar-refractivity contribution in [2.24, 2.45) is 0 Å². The van der Waals surface area contributed by atoms with Crippen molar-refractivity contribution in [1.29, 1.82) is 0 Å². The summed E-state index contributed by atoms with van der Waals surface area (Å²) in [6, 6.07) is 11.1. The first-order valence-corrected chi connectivity index (χ1v) is 7.96. The minimum absolute atomic E-state index is 0.0112. The summed E-state index contributed by atoms with van der Waals surface area (Å²) in [5, 5.41) is 2.75. The first kappa shape index (κ1) is 17.0. The number of hydrogen-bond acceptors (Lipinski definition) is 3. The first-order chi connectivity index (χ1) is 11.8. The Kier molecular flexibility index (Phi) is 4.51. The third-order valence-corrected chi connectivity index (χ3v) is 4.07. The zero-order valence-corrected chi connectivity index (χ0v) is 14.4. The fraction of sp³-hybridized carbons (Fsp3) is 0.105. The molecule has 0 aliphatic heterocycles. The largest absolute Gasteiger partial charge is 0.451 e. The normalized spacial score (nSPS) is 10.7. The van der Waals surface area contributed by atoms with Crippen LogP contribution in [0, 0.1) is 19.7 Å². The van der Waals surface area contributed by atoms with E-state index < -0.39 is 11.7 Å². The van der Waals surface area contributed by atoms with Crippen LogP contribution in [0.4, 0.5) is 15.8 Å². The molecular weight excluding hydrogens is 343 g/mol. The highest BCUT2D eigenvalue weighted by molar-refractivity contribution is 6.31. The number of rotatable bonds is 3. The molecule has 0 radical (unpaired) electrons. The van der Waals surface area contributed by atoms with E-state index >= 15 is 0 Å². The molecule has 0 unspecified atom stereocenters. The molecule has 6 heteroatoms. The number of halogens is 2. The number of nitrogens with two attached hydrogens (primary N) is 1. The van der Waals surface area contributed by atoms with Gasteiger partial charge in [-0.2, -0.15) is 0 Å². The van der Waals surface area contributed by atoms with Crippen LogP contribution >= 0.6 is 11.6 Å². The minimum atomic E-state index is -0.514. The molecule has 0 fully saturated rings. The van der Waals surface area contributed by atoms with Gasteiger partial charge in [0.2, 0.25) is 0 Å². The van der Waals surface area contributed by atoms with Crippen molar-refractivity contribution >= 4 is 28.9 Å². The number of nitrogen functional groups attached to an aromatic ring is 1. The summed E-state index contributed by atoms with van der Waals surface area (Å²) < 4.78 is 18.8. The molecule has 0 bridgehead atoms. The maximum absolute atomic E-state index is 13.3. The van der Waals surface area contributed by atoms with Crippen LogP contribution < -0.4 is 11.1 Å². The summed E-state index contributed by atoms with van der Waals surface area (Å²) in [7, 11) is 0. The summed E-state index contributed by atoms with van der Waals surface area (Å²) in [5.41, 5.74) is 9.48. The van der Waals surface area contributed by atoms with Gasteiger partial charge in [0.15, 0.2) is 5.76 Å². The van der Waals surface area contributed by atoms with E-state index in [9.17, 15) is 9.18 Å². The van der Waals surface area contributed by atoms with Crippen molar-refractivity contribution in [3.05, 3.63) is 70.2 Å². The van der Waals surface area contributed by atoms with E-state index in [1.165, 1.54) is 18.2 Å². The van der Waals surface area contributed by atoms with E-state index in [4.69, 9.17) is 21.8 Å². The molecule has 3 N–H and O–H groups in total. The quantitative estimate of drug-likeness (QED) is 0.633. The average molecular weight is 359 g/mol. The lowest BCUT2D eigenvalue weighted by Gasteiger charge is -2.11. The monoisotopic (exact) mass is 358 g/mol. The number of aryl methyl sites for hydroxylation is 2. The van der Waals surface area contributed by atoms with Gasteiger partial charge < -0.3 is 15.5 Å². The van der Waals surface area contributed by atoms with Crippen LogP contribution in [0.1, 0.15) is 21.7 Å². The Hall–Kier alpha value is -2.79. The molecule has 0 saturated carbocycles. The molecule has 2 aromatic carbocycles. The lowest BCUT2D eigenvalue weighted by Crippen LogP contribution is -2.13. The Balaban J connectivity index is 1.85. The highest BCUT2D eigenvalue weighted by Gasteiger charge is 2.15. The molecule has 0 atom stereocenters. The van der Waals surface area contributed by atoms with Crippen LogP contribution in [0.2, 0.25) is 5.02 Å². The average Bonchev–Trinajstić information content (AvgIpc) is 3.03. The summed E-state index contributed by atoms with van der Waals surface area (Å²) in [6.07, 6.45) is 0. The molecule has 128 valence electrons. The number of carbonyl (C=O) groups is 1. The van der Waals surface area contributed by atoms with E-state index in [1.807, 2.05) is 19.9 Å². The molecule has 1 heterocycles. The highest BCUT2D eigenvalue weighted by atomic mass is 35.5. The number of hydrogen-bond donors (Lipinski definition) is 2. The zero-order chi connectivity index (χ0) is 18.1. The predicted octanol–water partition coefficient (Wildman–Crippen LogP) is 5.19. The maximum atomic E-state index is 13.3. The van der Waals surface area contributed by atoms with Crippen molar-refractivity contribution in [2.75, 3.05) is 11.1 Å². The van der Waals surface area contributed by atoms with E-state index in [1.54, 1.807) is 18.2 Å². The van der Waals surface area contributed by atoms with Crippen molar-refractivity contribution in [3.63, 3.8) is 0 Å². The van der Waals surface area contributed by atoms with E-state index in [0.29, 0.717) is 22.7 Å². The van der Waals surface area contributed by atoms with E-state index in [2.05, 4.69) is 5.32 Å². The van der Waals surface area contributed by atoms with Crippen LogP contribution in [-0.4, -0.2) is 5.91 Å². The summed E-state index contributed by atoms with van der Waals surface area (Å²) in [6.45, 7) is 3.80. The smallest absolute Gasteiger partial charge is 0.291 e. The first-order valence-electron chi connectivity index (χ1n) is 7.58. The molecule has 0 saturated heterocycles. The van der Waals surface area contributed by atoms with Gasteiger partial charge in [0.25, 0.3) is 5.91 Å². The van der Waals surface area contributed by atoms with Gasteiger partial charge >= 0.3 is 0 Å². The fourth-order valence-corrected chi connectivity index (χ4v) is 2.79. The fourth-order valence-electron chi connectivity index (χ4n) is 2.61. The van der Waals surface area contributed by atoms with Crippen LogP contribution in [0.25, 0.3) is 11.3 Å². The Morgan fingerprint density at radius 3 is 2.60 bits per heavy atom. The third kappa shape index (κ3) is 3.51. The standard InChI is InChI=1S/C19H16ClFN2O2/c1-10-7-11(2)18(15(22)8-10)23-19(24)17-6-5-16(25-17)12-3-4-14(21)13(20)9-12/h3-9H,22H2,1-2H3,(H,23,24). The Labute approximate surface area is 149 Å². The molecule has 1 aromatic heterocycles. The van der Waals surface area contributed by atoms with Crippen LogP contribution in [-0.2, 0) is 0 Å². The Morgan fingerprint density at radius 2 is 1.92 bits per heavy atom. The van der Waals surface area contributed by atoms with Gasteiger partial charge in [-0.1, -0.05) is 17.7 Å². The number of nitrogens with one attached hydrogen (secondary N) is 1. The molecule has 1 amide bonds. The predicted molar refractivity (Wildman–Crippen MR) is 97.4 cm³/mol. The minimum Gasteiger partial charge on any atom is -0.451 e. The molecule has 0 aliphatic rings.